The fourth-order valence-electron chi connectivity index (χ4n) is 1.38. The maximum atomic E-state index is 11.3. The molecule has 1 fully saturated rings. The quantitative estimate of drug-likeness (QED) is 0.650. The van der Waals surface area contributed by atoms with E-state index in [1.54, 1.807) is 6.92 Å². The second kappa shape index (κ2) is 5.04. The van der Waals surface area contributed by atoms with Gasteiger partial charge >= 0.3 is 0 Å². The minimum Gasteiger partial charge on any atom is -0.327 e. The van der Waals surface area contributed by atoms with Crippen molar-refractivity contribution in [2.75, 3.05) is 0 Å². The van der Waals surface area contributed by atoms with Crippen molar-refractivity contribution in [1.82, 2.24) is 0 Å². The molecule has 0 bridgehead atoms. The first-order valence-corrected chi connectivity index (χ1v) is 4.91. The van der Waals surface area contributed by atoms with Crippen molar-refractivity contribution in [3.05, 3.63) is 0 Å². The highest BCUT2D eigenvalue weighted by atomic mass is 16.1. The zero-order valence-corrected chi connectivity index (χ0v) is 8.18. The third-order valence-electron chi connectivity index (χ3n) is 2.40. The molecule has 0 spiro atoms. The Bertz CT molecular complexity index is 232. The van der Waals surface area contributed by atoms with Crippen LogP contribution in [-0.2, 0) is 4.79 Å². The summed E-state index contributed by atoms with van der Waals surface area (Å²) in [5.74, 6) is 6.56. The van der Waals surface area contributed by atoms with Crippen LogP contribution in [0, 0.1) is 17.8 Å². The molecule has 0 aromatic carbocycles. The van der Waals surface area contributed by atoms with Gasteiger partial charge in [-0.05, 0) is 25.7 Å². The zero-order valence-electron chi connectivity index (χ0n) is 8.18. The molecule has 0 amide bonds. The van der Waals surface area contributed by atoms with Crippen LogP contribution in [0.1, 0.15) is 39.0 Å². The van der Waals surface area contributed by atoms with Crippen LogP contribution in [0.5, 0.6) is 0 Å². The third-order valence-corrected chi connectivity index (χ3v) is 2.40. The Morgan fingerprint density at radius 2 is 2.31 bits per heavy atom. The summed E-state index contributed by atoms with van der Waals surface area (Å²) in [5, 5.41) is 0. The van der Waals surface area contributed by atoms with Gasteiger partial charge in [-0.2, -0.15) is 0 Å². The van der Waals surface area contributed by atoms with Crippen LogP contribution >= 0.6 is 0 Å². The second-order valence-corrected chi connectivity index (χ2v) is 3.67. The van der Waals surface area contributed by atoms with Crippen LogP contribution in [0.4, 0.5) is 0 Å². The van der Waals surface area contributed by atoms with Crippen LogP contribution in [-0.4, -0.2) is 11.8 Å². The van der Waals surface area contributed by atoms with E-state index in [1.165, 1.54) is 12.8 Å². The lowest BCUT2D eigenvalue weighted by Crippen LogP contribution is -2.25. The number of hydrogen-bond acceptors (Lipinski definition) is 2. The van der Waals surface area contributed by atoms with Crippen molar-refractivity contribution in [3.8, 4) is 11.8 Å². The number of rotatable bonds is 5. The van der Waals surface area contributed by atoms with E-state index in [0.717, 1.165) is 0 Å². The Morgan fingerprint density at radius 3 is 2.85 bits per heavy atom. The molecule has 2 heteroatoms. The highest BCUT2D eigenvalue weighted by Crippen LogP contribution is 2.32. The van der Waals surface area contributed by atoms with E-state index >= 15 is 0 Å². The first-order valence-electron chi connectivity index (χ1n) is 4.91. The van der Waals surface area contributed by atoms with Gasteiger partial charge in [-0.1, -0.05) is 0 Å². The van der Waals surface area contributed by atoms with Crippen LogP contribution < -0.4 is 5.73 Å². The van der Waals surface area contributed by atoms with Gasteiger partial charge in [0.25, 0.3) is 0 Å². The average Bonchev–Trinajstić information content (AvgIpc) is 2.86. The van der Waals surface area contributed by atoms with Gasteiger partial charge < -0.3 is 5.73 Å². The molecule has 1 atom stereocenters. The molecule has 1 unspecified atom stereocenters. The van der Waals surface area contributed by atoms with Gasteiger partial charge in [-0.15, -0.1) is 11.8 Å². The lowest BCUT2D eigenvalue weighted by atomic mass is 10.0. The van der Waals surface area contributed by atoms with Gasteiger partial charge in [0.2, 0.25) is 0 Å². The number of Topliss-reactive ketones (excluding diaryl/α,β-unsaturated/α-hetero) is 1. The lowest BCUT2D eigenvalue weighted by Gasteiger charge is -2.07. The predicted molar refractivity (Wildman–Crippen MR) is 53.0 cm³/mol. The smallest absolute Gasteiger partial charge is 0.135 e. The summed E-state index contributed by atoms with van der Waals surface area (Å²) in [6, 6.07) is 0.113. The molecule has 2 N–H and O–H groups in total. The Kier molecular flexibility index (Phi) is 3.98. The molecule has 13 heavy (non-hydrogen) atoms. The highest BCUT2D eigenvalue weighted by Gasteiger charge is 2.29. The molecule has 1 aliphatic carbocycles. The number of hydrogen-bond donors (Lipinski definition) is 1. The summed E-state index contributed by atoms with van der Waals surface area (Å²) in [7, 11) is 0. The van der Waals surface area contributed by atoms with E-state index in [4.69, 9.17) is 5.73 Å². The highest BCUT2D eigenvalue weighted by molar-refractivity contribution is 5.79. The molecule has 1 saturated carbocycles. The summed E-state index contributed by atoms with van der Waals surface area (Å²) in [6.45, 7) is 1.79. The SMILES string of the molecule is CC#CCCC(=O)CC(N)C1CC1. The summed E-state index contributed by atoms with van der Waals surface area (Å²) >= 11 is 0. The molecule has 0 aliphatic heterocycles. The van der Waals surface area contributed by atoms with Crippen molar-refractivity contribution in [2.45, 2.75) is 45.1 Å². The fourth-order valence-corrected chi connectivity index (χ4v) is 1.38. The Morgan fingerprint density at radius 1 is 1.62 bits per heavy atom. The number of carbonyl (C=O) groups excluding carboxylic acids is 1. The molecule has 0 saturated heterocycles. The largest absolute Gasteiger partial charge is 0.327 e. The minimum atomic E-state index is 0.113. The summed E-state index contributed by atoms with van der Waals surface area (Å²) in [5.41, 5.74) is 5.83. The van der Waals surface area contributed by atoms with Crippen molar-refractivity contribution in [2.24, 2.45) is 11.7 Å². The fraction of sp³-hybridized carbons (Fsp3) is 0.727. The predicted octanol–water partition coefficient (Wildman–Crippen LogP) is 1.49. The number of carbonyl (C=O) groups is 1. The van der Waals surface area contributed by atoms with E-state index in [2.05, 4.69) is 11.8 Å². The van der Waals surface area contributed by atoms with Gasteiger partial charge in [0.05, 0.1) is 0 Å². The van der Waals surface area contributed by atoms with E-state index in [1.807, 2.05) is 0 Å². The van der Waals surface area contributed by atoms with Crippen LogP contribution in [0.3, 0.4) is 0 Å². The van der Waals surface area contributed by atoms with E-state index in [-0.39, 0.29) is 11.8 Å². The molecule has 1 aliphatic rings. The van der Waals surface area contributed by atoms with E-state index < -0.39 is 0 Å². The Labute approximate surface area is 79.9 Å². The standard InChI is InChI=1S/C11H17NO/c1-2-3-4-5-10(13)8-11(12)9-6-7-9/h9,11H,4-8,12H2,1H3. The monoisotopic (exact) mass is 179 g/mol. The van der Waals surface area contributed by atoms with Gasteiger partial charge in [0, 0.05) is 25.3 Å². The molecule has 2 nitrogen and oxygen atoms in total. The second-order valence-electron chi connectivity index (χ2n) is 3.67. The molecule has 0 aromatic heterocycles. The lowest BCUT2D eigenvalue weighted by molar-refractivity contribution is -0.119. The van der Waals surface area contributed by atoms with Gasteiger partial charge in [-0.25, -0.2) is 0 Å². The maximum Gasteiger partial charge on any atom is 0.135 e. The molecule has 0 radical (unpaired) electrons. The minimum absolute atomic E-state index is 0.113. The summed E-state index contributed by atoms with van der Waals surface area (Å²) < 4.78 is 0. The van der Waals surface area contributed by atoms with Crippen LogP contribution in [0.25, 0.3) is 0 Å². The molecule has 1 rings (SSSR count). The molecular weight excluding hydrogens is 162 g/mol. The molecule has 0 aromatic rings. The van der Waals surface area contributed by atoms with E-state index in [9.17, 15) is 4.79 Å². The third kappa shape index (κ3) is 4.10. The van der Waals surface area contributed by atoms with Gasteiger partial charge in [0.15, 0.2) is 0 Å². The van der Waals surface area contributed by atoms with E-state index in [0.29, 0.717) is 25.2 Å². The number of ketones is 1. The maximum absolute atomic E-state index is 11.3. The molecule has 72 valence electrons. The van der Waals surface area contributed by atoms with Gasteiger partial charge in [-0.3, -0.25) is 4.79 Å². The van der Waals surface area contributed by atoms with Crippen molar-refractivity contribution in [3.63, 3.8) is 0 Å². The Balaban J connectivity index is 2.11. The van der Waals surface area contributed by atoms with Crippen molar-refractivity contribution < 1.29 is 4.79 Å². The Hall–Kier alpha value is -0.810. The van der Waals surface area contributed by atoms with Crippen LogP contribution in [0.15, 0.2) is 0 Å². The molecular formula is C11H17NO. The number of nitrogens with two attached hydrogens (primary N) is 1. The topological polar surface area (TPSA) is 43.1 Å². The molecule has 0 heterocycles. The normalized spacial score (nSPS) is 17.4. The van der Waals surface area contributed by atoms with Crippen molar-refractivity contribution >= 4 is 5.78 Å². The van der Waals surface area contributed by atoms with Gasteiger partial charge in [0.1, 0.15) is 5.78 Å². The summed E-state index contributed by atoms with van der Waals surface area (Å²) in [6.07, 6.45) is 4.23. The van der Waals surface area contributed by atoms with Crippen LogP contribution in [0.2, 0.25) is 0 Å². The van der Waals surface area contributed by atoms with Crippen molar-refractivity contribution in [1.29, 1.82) is 0 Å². The summed E-state index contributed by atoms with van der Waals surface area (Å²) in [4.78, 5) is 11.3. The first-order chi connectivity index (χ1) is 6.24. The zero-order chi connectivity index (χ0) is 9.68. The first kappa shape index (κ1) is 10.3. The average molecular weight is 179 g/mol.